The Morgan fingerprint density at radius 2 is 1.84 bits per heavy atom. The summed E-state index contributed by atoms with van der Waals surface area (Å²) in [7, 11) is 0. The summed E-state index contributed by atoms with van der Waals surface area (Å²) >= 11 is 0. The summed E-state index contributed by atoms with van der Waals surface area (Å²) < 4.78 is 25.1. The molecule has 1 N–H and O–H groups in total. The molecule has 1 aliphatic rings. The van der Waals surface area contributed by atoms with Gasteiger partial charge in [0.2, 0.25) is 5.82 Å². The first kappa shape index (κ1) is 24.2. The highest BCUT2D eigenvalue weighted by Crippen LogP contribution is 2.39. The molecular weight excluding hydrogens is 471 g/mol. The fourth-order valence-electron chi connectivity index (χ4n) is 4.50. The quantitative estimate of drug-likeness (QED) is 0.313. The number of allylic oxidation sites excluding steroid dienone is 1. The number of ether oxygens (including phenoxy) is 1. The van der Waals surface area contributed by atoms with Gasteiger partial charge in [0.15, 0.2) is 0 Å². The van der Waals surface area contributed by atoms with E-state index in [9.17, 15) is 9.18 Å². The number of benzene rings is 3. The third-order valence-corrected chi connectivity index (χ3v) is 6.33. The maximum absolute atomic E-state index is 13.8. The van der Waals surface area contributed by atoms with E-state index in [0.717, 1.165) is 29.0 Å². The van der Waals surface area contributed by atoms with Crippen LogP contribution in [0.4, 0.5) is 14.9 Å². The average molecular weight is 499 g/mol. The van der Waals surface area contributed by atoms with Gasteiger partial charge in [0.05, 0.1) is 23.9 Å². The number of hydrogen-bond acceptors (Lipinski definition) is 5. The largest absolute Gasteiger partial charge is 0.494 e. The van der Waals surface area contributed by atoms with Gasteiger partial charge in [-0.15, -0.1) is 0 Å². The second kappa shape index (κ2) is 10.3. The van der Waals surface area contributed by atoms with Crippen molar-refractivity contribution < 1.29 is 18.4 Å². The second-order valence-electron chi connectivity index (χ2n) is 8.68. The summed E-state index contributed by atoms with van der Waals surface area (Å²) in [6.07, 6.45) is 0.842. The van der Waals surface area contributed by atoms with E-state index in [1.165, 1.54) is 12.1 Å². The lowest BCUT2D eigenvalue weighted by molar-refractivity contribution is 0.244. The maximum atomic E-state index is 13.8. The zero-order valence-electron chi connectivity index (χ0n) is 20.9. The van der Waals surface area contributed by atoms with Crippen LogP contribution in [0.15, 0.2) is 83.0 Å². The predicted octanol–water partition coefficient (Wildman–Crippen LogP) is 6.54. The summed E-state index contributed by atoms with van der Waals surface area (Å²) in [5.74, 6) is 0.849. The van der Waals surface area contributed by atoms with E-state index in [2.05, 4.69) is 22.4 Å². The van der Waals surface area contributed by atoms with Crippen molar-refractivity contribution in [3.63, 3.8) is 0 Å². The molecule has 0 radical (unpaired) electrons. The number of nitrogens with zero attached hydrogens (tertiary/aromatic N) is 3. The first-order valence-electron chi connectivity index (χ1n) is 12.2. The molecule has 2 amide bonds. The third-order valence-electron chi connectivity index (χ3n) is 6.33. The van der Waals surface area contributed by atoms with Gasteiger partial charge in [-0.1, -0.05) is 48.5 Å². The fourth-order valence-corrected chi connectivity index (χ4v) is 4.50. The van der Waals surface area contributed by atoms with E-state index >= 15 is 0 Å². The van der Waals surface area contributed by atoms with Gasteiger partial charge in [0.25, 0.3) is 5.89 Å². The Bertz CT molecular complexity index is 1460. The zero-order valence-corrected chi connectivity index (χ0v) is 20.9. The third kappa shape index (κ3) is 4.82. The molecule has 4 aromatic rings. The van der Waals surface area contributed by atoms with Crippen molar-refractivity contribution in [3.8, 4) is 17.1 Å². The number of urea groups is 1. The highest BCUT2D eigenvalue weighted by Gasteiger charge is 2.36. The number of anilines is 1. The lowest BCUT2D eigenvalue weighted by atomic mass is 9.94. The van der Waals surface area contributed by atoms with E-state index in [0.29, 0.717) is 23.4 Å². The van der Waals surface area contributed by atoms with Crippen LogP contribution in [0.3, 0.4) is 0 Å². The summed E-state index contributed by atoms with van der Waals surface area (Å²) in [6.45, 7) is 6.41. The van der Waals surface area contributed by atoms with Crippen LogP contribution >= 0.6 is 0 Å². The number of amides is 2. The number of aromatic nitrogens is 2. The van der Waals surface area contributed by atoms with Gasteiger partial charge in [-0.3, -0.25) is 4.90 Å². The molecule has 3 aromatic carbocycles. The molecule has 7 nitrogen and oxygen atoms in total. The first-order valence-corrected chi connectivity index (χ1v) is 12.2. The molecule has 0 bridgehead atoms. The molecule has 0 fully saturated rings. The highest BCUT2D eigenvalue weighted by atomic mass is 19.1. The minimum atomic E-state index is -0.547. The highest BCUT2D eigenvalue weighted by molar-refractivity contribution is 6.01. The number of rotatable bonds is 7. The topological polar surface area (TPSA) is 80.5 Å². The molecule has 188 valence electrons. The van der Waals surface area contributed by atoms with E-state index < -0.39 is 11.9 Å². The van der Waals surface area contributed by atoms with Crippen molar-refractivity contribution in [1.82, 2.24) is 15.5 Å². The Morgan fingerprint density at radius 1 is 1.05 bits per heavy atom. The zero-order chi connectivity index (χ0) is 25.9. The van der Waals surface area contributed by atoms with Gasteiger partial charge >= 0.3 is 6.03 Å². The van der Waals surface area contributed by atoms with Gasteiger partial charge in [0, 0.05) is 11.3 Å². The molecule has 37 heavy (non-hydrogen) atoms. The molecule has 0 saturated heterocycles. The van der Waals surface area contributed by atoms with Crippen LogP contribution in [0.25, 0.3) is 17.0 Å². The average Bonchev–Trinajstić information content (AvgIpc) is 3.39. The lowest BCUT2D eigenvalue weighted by Gasteiger charge is -2.35. The van der Waals surface area contributed by atoms with Crippen LogP contribution in [0.1, 0.15) is 43.8 Å². The maximum Gasteiger partial charge on any atom is 0.326 e. The van der Waals surface area contributed by atoms with E-state index in [1.807, 2.05) is 62.4 Å². The molecule has 1 atom stereocenters. The minimum Gasteiger partial charge on any atom is -0.494 e. The molecular formula is C29H27FN4O3. The lowest BCUT2D eigenvalue weighted by Crippen LogP contribution is -2.46. The fraction of sp³-hybridized carbons (Fsp3) is 0.207. The molecule has 0 saturated carbocycles. The molecule has 1 aromatic heterocycles. The summed E-state index contributed by atoms with van der Waals surface area (Å²) in [6, 6.07) is 20.6. The Morgan fingerprint density at radius 3 is 2.57 bits per heavy atom. The van der Waals surface area contributed by atoms with E-state index in [4.69, 9.17) is 9.26 Å². The van der Waals surface area contributed by atoms with Crippen molar-refractivity contribution in [1.29, 1.82) is 0 Å². The molecule has 0 aliphatic carbocycles. The summed E-state index contributed by atoms with van der Waals surface area (Å²) in [5, 5.41) is 7.22. The number of nitrogens with one attached hydrogen (secondary N) is 1. The Hall–Kier alpha value is -4.46. The number of hydrogen-bond donors (Lipinski definition) is 1. The van der Waals surface area contributed by atoms with Crippen LogP contribution in [-0.2, 0) is 6.42 Å². The van der Waals surface area contributed by atoms with Crippen molar-refractivity contribution in [2.24, 2.45) is 0 Å². The Labute approximate surface area is 214 Å². The van der Waals surface area contributed by atoms with E-state index in [-0.39, 0.29) is 17.7 Å². The van der Waals surface area contributed by atoms with Gasteiger partial charge in [-0.05, 0) is 67.8 Å². The monoisotopic (exact) mass is 498 g/mol. The van der Waals surface area contributed by atoms with Gasteiger partial charge in [0.1, 0.15) is 11.6 Å². The molecule has 1 unspecified atom stereocenters. The Kier molecular flexibility index (Phi) is 6.72. The van der Waals surface area contributed by atoms with Crippen LogP contribution in [0.2, 0.25) is 0 Å². The SMILES string of the molecule is CCOc1ccc(C2NC(=O)N(c3cccc(CC)c3)C(C)=C2c2nc(-c3cccc(F)c3)no2)cc1. The van der Waals surface area contributed by atoms with Crippen LogP contribution in [-0.4, -0.2) is 22.8 Å². The molecule has 8 heteroatoms. The Balaban J connectivity index is 1.63. The normalized spacial score (nSPS) is 15.6. The standard InChI is InChI=1S/C29H27FN4O3/c1-4-19-8-6-11-23(16-19)34-18(3)25(28-32-27(33-37-28)21-9-7-10-22(30)17-21)26(31-29(34)35)20-12-14-24(15-13-20)36-5-2/h6-17,26H,4-5H2,1-3H3,(H,31,35). The molecule has 0 spiro atoms. The van der Waals surface area contributed by atoms with Gasteiger partial charge in [-0.2, -0.15) is 4.98 Å². The van der Waals surface area contributed by atoms with Crippen molar-refractivity contribution in [2.75, 3.05) is 11.5 Å². The molecule has 2 heterocycles. The van der Waals surface area contributed by atoms with Crippen LogP contribution in [0, 0.1) is 5.82 Å². The summed E-state index contributed by atoms with van der Waals surface area (Å²) in [5.41, 5.74) is 4.49. The van der Waals surface area contributed by atoms with Gasteiger partial charge in [-0.25, -0.2) is 9.18 Å². The van der Waals surface area contributed by atoms with Crippen molar-refractivity contribution >= 4 is 17.3 Å². The number of carbonyl (C=O) groups excluding carboxylic acids is 1. The van der Waals surface area contributed by atoms with Crippen molar-refractivity contribution in [3.05, 3.63) is 101 Å². The number of aryl methyl sites for hydroxylation is 1. The van der Waals surface area contributed by atoms with Crippen LogP contribution in [0.5, 0.6) is 5.75 Å². The second-order valence-corrected chi connectivity index (χ2v) is 8.68. The van der Waals surface area contributed by atoms with E-state index in [1.54, 1.807) is 17.0 Å². The first-order chi connectivity index (χ1) is 18.0. The van der Waals surface area contributed by atoms with Crippen LogP contribution < -0.4 is 15.0 Å². The predicted molar refractivity (Wildman–Crippen MR) is 139 cm³/mol. The summed E-state index contributed by atoms with van der Waals surface area (Å²) in [4.78, 5) is 19.7. The minimum absolute atomic E-state index is 0.243. The smallest absolute Gasteiger partial charge is 0.326 e. The van der Waals surface area contributed by atoms with Crippen molar-refractivity contribution in [2.45, 2.75) is 33.2 Å². The number of halogens is 1. The number of carbonyl (C=O) groups is 1. The molecule has 5 rings (SSSR count). The van der Waals surface area contributed by atoms with Gasteiger partial charge < -0.3 is 14.6 Å². The molecule has 1 aliphatic heterocycles.